The van der Waals surface area contributed by atoms with Crippen LogP contribution in [0, 0.1) is 108 Å². The number of rotatable bonds is 13. The van der Waals surface area contributed by atoms with Gasteiger partial charge in [0, 0.05) is 97.8 Å². The normalized spacial score (nSPS) is 14.1. The molecule has 21 heteroatoms. The van der Waals surface area contributed by atoms with E-state index < -0.39 is 11.9 Å². The molecule has 2 atom stereocenters. The Labute approximate surface area is 640 Å². The molecule has 11 aromatic rings. The van der Waals surface area contributed by atoms with Crippen molar-refractivity contribution in [3.63, 3.8) is 0 Å². The highest BCUT2D eigenvalue weighted by atomic mass is 16.5. The minimum atomic E-state index is -0.947. The number of esters is 2. The van der Waals surface area contributed by atoms with Gasteiger partial charge in [-0.15, -0.1) is 0 Å². The lowest BCUT2D eigenvalue weighted by atomic mass is 9.75. The first kappa shape index (κ1) is 86.4. The Morgan fingerprint density at radius 2 is 0.759 bits per heavy atom. The average Bonchev–Trinajstić information content (AvgIpc) is 1.13. The number of aromatic nitrogens is 8. The number of fused-ring (bicyclic) bond motifs is 4. The van der Waals surface area contributed by atoms with Gasteiger partial charge in [-0.1, -0.05) is 124 Å². The fourth-order valence-electron chi connectivity index (χ4n) is 12.7. The number of ether oxygens (including phenoxy) is 2. The number of amides is 1. The summed E-state index contributed by atoms with van der Waals surface area (Å²) in [5, 5.41) is 23.1. The molecule has 10 heterocycles. The van der Waals surface area contributed by atoms with Crippen molar-refractivity contribution in [1.82, 2.24) is 47.8 Å². The van der Waals surface area contributed by atoms with E-state index in [9.17, 15) is 24.3 Å². The predicted molar refractivity (Wildman–Crippen MR) is 442 cm³/mol. The molecule has 8 aromatic heterocycles. The van der Waals surface area contributed by atoms with Crippen LogP contribution in [0.25, 0.3) is 22.6 Å². The molecule has 3 aromatic carbocycles. The highest BCUT2D eigenvalue weighted by Gasteiger charge is 2.45. The van der Waals surface area contributed by atoms with E-state index in [0.29, 0.717) is 53.1 Å². The molecule has 0 bridgehead atoms. The summed E-state index contributed by atoms with van der Waals surface area (Å²) in [4.78, 5) is 68.4. The van der Waals surface area contributed by atoms with Crippen molar-refractivity contribution in [1.29, 1.82) is 0 Å². The number of hydrogen-bond donors (Lipinski definition) is 6. The number of carbonyl (C=O) groups is 4. The van der Waals surface area contributed by atoms with E-state index in [0.717, 1.165) is 92.1 Å². The summed E-state index contributed by atoms with van der Waals surface area (Å²) in [7, 11) is 2.73. The van der Waals surface area contributed by atoms with Gasteiger partial charge in [0.1, 0.15) is 0 Å². The first-order chi connectivity index (χ1) is 51.1. The van der Waals surface area contributed by atoms with Crippen LogP contribution in [0.3, 0.4) is 0 Å². The van der Waals surface area contributed by atoms with Crippen LogP contribution in [0.15, 0.2) is 104 Å². The molecule has 1 amide bonds. The Bertz CT molecular complexity index is 4950. The van der Waals surface area contributed by atoms with Crippen LogP contribution in [0.5, 0.6) is 0 Å². The molecule has 13 rings (SSSR count). The van der Waals surface area contributed by atoms with E-state index in [1.165, 1.54) is 70.8 Å². The third-order valence-corrected chi connectivity index (χ3v) is 20.9. The molecule has 2 saturated heterocycles. The number of nitrogen functional groups attached to an aromatic ring is 1. The van der Waals surface area contributed by atoms with Gasteiger partial charge in [-0.2, -0.15) is 0 Å². The number of nitrogens with two attached hydrogens (primary N) is 1. The van der Waals surface area contributed by atoms with Gasteiger partial charge in [0.05, 0.1) is 82.0 Å². The summed E-state index contributed by atoms with van der Waals surface area (Å²) in [5.74, 6) is -1.62. The second kappa shape index (κ2) is 37.3. The molecule has 0 radical (unpaired) electrons. The van der Waals surface area contributed by atoms with Crippen molar-refractivity contribution in [2.45, 2.75) is 212 Å². The molecular weight excluding hydrogens is 1350 g/mol. The van der Waals surface area contributed by atoms with Crippen molar-refractivity contribution in [3.05, 3.63) is 222 Å². The van der Waals surface area contributed by atoms with Crippen molar-refractivity contribution in [3.8, 4) is 0 Å². The topological polar surface area (TPSA) is 254 Å². The minimum absolute atomic E-state index is 0.0876. The number of nitrogens with zero attached hydrogens (tertiary/aromatic N) is 9. The molecule has 0 saturated carbocycles. The summed E-state index contributed by atoms with van der Waals surface area (Å²) >= 11 is 0. The van der Waals surface area contributed by atoms with E-state index >= 15 is 0 Å². The standard InChI is InChI=1S/C25H32N4O.C20H23N3O2.C19H21N3O2.C11H13N3O2.C6H13N.3C2H6/c1-15-9-8-10-16(2)21(15)12-26-22-11-20(13-28-18(4)17(3)27-23(22)28)24(30)29-14-25(6,7)19(29)5;1-12-7-6-8-13(2)17(12)10-21-18-9-16(20(24)25-5)11-23-15(4)14(3)22-19(18)23;1-11-6-5-7-12(2)16(11)9-20-17-8-15(19(23)24)10-22-14(4)13(3)21-18(17)22;1-6-7(2)14-5-8(11(15)16-3)4-9(12)10(14)13-6;1-5-6(2,3)4-7-5;3*1-2/h8-11,13,19,26H,12,14H2,1-7H3;6-9,11,21H,10H2,1-5H3;5-8,10,20H,9H2,1-4H3,(H,23,24);4-5H,12H2,1-3H3;5,7H,4H2,1-3H3;3*1-2H3. The summed E-state index contributed by atoms with van der Waals surface area (Å²) in [6, 6.07) is 26.8. The molecule has 0 spiro atoms. The number of methoxy groups -OCH3 is 2. The molecule has 21 nitrogen and oxygen atoms in total. The van der Waals surface area contributed by atoms with Crippen LogP contribution in [0.1, 0.15) is 220 Å². The molecule has 2 aliphatic heterocycles. The molecule has 580 valence electrons. The van der Waals surface area contributed by atoms with Gasteiger partial charge in [0.2, 0.25) is 0 Å². The molecule has 2 unspecified atom stereocenters. The highest BCUT2D eigenvalue weighted by Crippen LogP contribution is 2.38. The molecule has 0 aliphatic carbocycles. The molecule has 7 N–H and O–H groups in total. The summed E-state index contributed by atoms with van der Waals surface area (Å²) < 4.78 is 17.2. The van der Waals surface area contributed by atoms with E-state index in [2.05, 4.69) is 173 Å². The lowest BCUT2D eigenvalue weighted by molar-refractivity contribution is -0.0212. The second-order valence-electron chi connectivity index (χ2n) is 28.7. The van der Waals surface area contributed by atoms with Gasteiger partial charge < -0.3 is 64.1 Å². The number of aromatic carboxylic acids is 1. The summed E-state index contributed by atoms with van der Waals surface area (Å²) in [5.41, 5.74) is 33.3. The van der Waals surface area contributed by atoms with E-state index in [4.69, 9.17) is 15.5 Å². The quantitative estimate of drug-likeness (QED) is 0.0587. The average molecular weight is 1470 g/mol. The zero-order valence-corrected chi connectivity index (χ0v) is 69.5. The van der Waals surface area contributed by atoms with Gasteiger partial charge in [0.15, 0.2) is 22.6 Å². The number of imidazole rings is 4. The number of nitrogens with one attached hydrogen (secondary N) is 4. The number of likely N-dealkylation sites (tertiary alicyclic amines) is 1. The monoisotopic (exact) mass is 1470 g/mol. The van der Waals surface area contributed by atoms with E-state index in [1.54, 1.807) is 41.2 Å². The SMILES string of the molecule is CC.CC.CC.CC1NCC1(C)C.COC(=O)c1cc(N)c2nc(C)c(C)n2c1.COC(=O)c1cc(NCc2c(C)cccc2C)c2nc(C)c(C)n2c1.Cc1cccc(C)c1CNc1cc(C(=O)N2CC(C)(C)C2C)cn2c(C)c(C)nc12.Cc1cccc(C)c1CNc1cc(C(=O)O)cn2c(C)c(C)nc12. The maximum absolute atomic E-state index is 13.3. The molecule has 2 aliphatic rings. The summed E-state index contributed by atoms with van der Waals surface area (Å²) in [6.45, 7) is 57.7. The van der Waals surface area contributed by atoms with Gasteiger partial charge in [-0.25, -0.2) is 34.3 Å². The maximum Gasteiger partial charge on any atom is 0.339 e. The number of aryl methyl sites for hydroxylation is 14. The Morgan fingerprint density at radius 1 is 0.472 bits per heavy atom. The number of carbonyl (C=O) groups excluding carboxylic acids is 3. The van der Waals surface area contributed by atoms with Crippen LogP contribution in [-0.4, -0.2) is 111 Å². The van der Waals surface area contributed by atoms with Crippen LogP contribution in [0.4, 0.5) is 22.7 Å². The Kier molecular flexibility index (Phi) is 29.9. The first-order valence-electron chi connectivity index (χ1n) is 37.6. The zero-order chi connectivity index (χ0) is 80.7. The van der Waals surface area contributed by atoms with Gasteiger partial charge >= 0.3 is 17.9 Å². The van der Waals surface area contributed by atoms with Gasteiger partial charge in [-0.05, 0) is 191 Å². The van der Waals surface area contributed by atoms with Crippen molar-refractivity contribution >= 4 is 69.2 Å². The Balaban J connectivity index is 0.000000216. The predicted octanol–water partition coefficient (Wildman–Crippen LogP) is 18.3. The number of carboxylic acid groups (broad SMARTS) is 1. The van der Waals surface area contributed by atoms with E-state index in [-0.39, 0.29) is 28.9 Å². The van der Waals surface area contributed by atoms with Crippen LogP contribution < -0.4 is 27.0 Å². The number of hydrogen-bond acceptors (Lipinski definition) is 15. The van der Waals surface area contributed by atoms with Crippen LogP contribution >= 0.6 is 0 Å². The van der Waals surface area contributed by atoms with Crippen molar-refractivity contribution < 1.29 is 33.8 Å². The first-order valence-corrected chi connectivity index (χ1v) is 37.6. The fourth-order valence-corrected chi connectivity index (χ4v) is 12.7. The van der Waals surface area contributed by atoms with Gasteiger partial charge in [-0.3, -0.25) is 4.79 Å². The highest BCUT2D eigenvalue weighted by molar-refractivity contribution is 5.97. The third-order valence-electron chi connectivity index (χ3n) is 20.9. The Hall–Kier alpha value is -10.5. The zero-order valence-electron chi connectivity index (χ0n) is 69.5. The van der Waals surface area contributed by atoms with Crippen LogP contribution in [-0.2, 0) is 29.1 Å². The smallest absolute Gasteiger partial charge is 0.339 e. The minimum Gasteiger partial charge on any atom is -0.478 e. The van der Waals surface area contributed by atoms with Crippen LogP contribution in [0.2, 0.25) is 0 Å². The number of pyridine rings is 4. The Morgan fingerprint density at radius 3 is 1.05 bits per heavy atom. The lowest BCUT2D eigenvalue weighted by Gasteiger charge is -2.52. The van der Waals surface area contributed by atoms with Crippen molar-refractivity contribution in [2.24, 2.45) is 10.8 Å². The number of benzene rings is 3. The van der Waals surface area contributed by atoms with Gasteiger partial charge in [0.25, 0.3) is 5.91 Å². The third kappa shape index (κ3) is 19.4. The van der Waals surface area contributed by atoms with Crippen molar-refractivity contribution in [2.75, 3.05) is 49.0 Å². The second-order valence-corrected chi connectivity index (χ2v) is 28.7. The molecular formula is C87H120N14O7. The largest absolute Gasteiger partial charge is 0.478 e. The molecule has 2 fully saturated rings. The number of carboxylic acids is 1. The fraction of sp³-hybridized carbons (Fsp3) is 0.425. The van der Waals surface area contributed by atoms with E-state index in [1.807, 2.05) is 133 Å². The summed E-state index contributed by atoms with van der Waals surface area (Å²) in [6.07, 6.45) is 7.03. The number of anilines is 4. The lowest BCUT2D eigenvalue weighted by Crippen LogP contribution is -2.62. The maximum atomic E-state index is 13.3. The molecule has 108 heavy (non-hydrogen) atoms.